The van der Waals surface area contributed by atoms with Gasteiger partial charge in [-0.1, -0.05) is 0 Å². The van der Waals surface area contributed by atoms with E-state index in [1.54, 1.807) is 13.8 Å². The Bertz CT molecular complexity index is 653. The molecular formula is C13H21N3O5S. The minimum Gasteiger partial charge on any atom is -0.436 e. The van der Waals surface area contributed by atoms with E-state index < -0.39 is 15.9 Å². The van der Waals surface area contributed by atoms with Gasteiger partial charge in [0.2, 0.25) is 15.8 Å². The first-order valence-corrected chi connectivity index (χ1v) is 8.54. The van der Waals surface area contributed by atoms with E-state index in [0.717, 1.165) is 0 Å². The standard InChI is InChI=1S/C13H21N3O5S/c1-8-12(21-9(2)14-8)13(17)15-11-6-20-5-10(11)7-22(18,19)16(3)4/h10-11H,5-7H2,1-4H3,(H,15,17)/t10-,11-/m0/s1. The summed E-state index contributed by atoms with van der Waals surface area (Å²) in [6.45, 7) is 3.93. The van der Waals surface area contributed by atoms with E-state index in [0.29, 0.717) is 18.2 Å². The number of hydrogen-bond donors (Lipinski definition) is 1. The highest BCUT2D eigenvalue weighted by atomic mass is 32.2. The zero-order valence-electron chi connectivity index (χ0n) is 13.1. The highest BCUT2D eigenvalue weighted by Crippen LogP contribution is 2.18. The molecule has 124 valence electrons. The third kappa shape index (κ3) is 3.65. The first kappa shape index (κ1) is 16.9. The minimum absolute atomic E-state index is 0.0701. The van der Waals surface area contributed by atoms with Gasteiger partial charge < -0.3 is 14.5 Å². The summed E-state index contributed by atoms with van der Waals surface area (Å²) in [6, 6.07) is -0.368. The molecule has 1 aliphatic rings. The van der Waals surface area contributed by atoms with E-state index in [4.69, 9.17) is 9.15 Å². The number of rotatable bonds is 5. The summed E-state index contributed by atoms with van der Waals surface area (Å²) in [7, 11) is -0.382. The zero-order chi connectivity index (χ0) is 16.5. The van der Waals surface area contributed by atoms with Crippen molar-refractivity contribution in [2.24, 2.45) is 5.92 Å². The van der Waals surface area contributed by atoms with E-state index >= 15 is 0 Å². The van der Waals surface area contributed by atoms with Crippen LogP contribution in [0.3, 0.4) is 0 Å². The molecule has 9 heteroatoms. The number of amides is 1. The van der Waals surface area contributed by atoms with Crippen LogP contribution in [-0.4, -0.2) is 62.7 Å². The molecule has 1 aromatic rings. The SMILES string of the molecule is Cc1nc(C)c(C(=O)N[C@H]2COC[C@H]2CS(=O)(=O)N(C)C)o1. The third-order valence-corrected chi connectivity index (χ3v) is 5.57. The first-order chi connectivity index (χ1) is 10.2. The molecule has 0 unspecified atom stereocenters. The molecule has 0 spiro atoms. The number of hydrogen-bond acceptors (Lipinski definition) is 6. The van der Waals surface area contributed by atoms with Crippen LogP contribution in [0.4, 0.5) is 0 Å². The number of aromatic nitrogens is 1. The Morgan fingerprint density at radius 3 is 2.59 bits per heavy atom. The predicted octanol–water partition coefficient (Wildman–Crippen LogP) is -0.0724. The quantitative estimate of drug-likeness (QED) is 0.810. The van der Waals surface area contributed by atoms with Crippen molar-refractivity contribution < 1.29 is 22.4 Å². The number of oxazole rings is 1. The molecule has 1 amide bonds. The second kappa shape index (κ2) is 6.35. The van der Waals surface area contributed by atoms with E-state index in [2.05, 4.69) is 10.3 Å². The van der Waals surface area contributed by atoms with Gasteiger partial charge in [0.25, 0.3) is 5.91 Å². The van der Waals surface area contributed by atoms with Gasteiger partial charge in [-0.2, -0.15) is 0 Å². The summed E-state index contributed by atoms with van der Waals surface area (Å²) >= 11 is 0. The van der Waals surface area contributed by atoms with Gasteiger partial charge in [-0.15, -0.1) is 0 Å². The predicted molar refractivity (Wildman–Crippen MR) is 79.0 cm³/mol. The van der Waals surface area contributed by atoms with E-state index in [1.807, 2.05) is 0 Å². The molecule has 0 aliphatic carbocycles. The Balaban J connectivity index is 2.05. The topological polar surface area (TPSA) is 102 Å². The summed E-state index contributed by atoms with van der Waals surface area (Å²) in [5.41, 5.74) is 0.506. The average Bonchev–Trinajstić information content (AvgIpc) is 2.95. The van der Waals surface area contributed by atoms with Gasteiger partial charge in [-0.25, -0.2) is 17.7 Å². The summed E-state index contributed by atoms with van der Waals surface area (Å²) < 4.78 is 35.7. The fourth-order valence-corrected chi connectivity index (χ4v) is 3.49. The zero-order valence-corrected chi connectivity index (χ0v) is 13.9. The van der Waals surface area contributed by atoms with Gasteiger partial charge in [0.1, 0.15) is 0 Å². The lowest BCUT2D eigenvalue weighted by Gasteiger charge is -2.20. The van der Waals surface area contributed by atoms with Gasteiger partial charge in [-0.05, 0) is 6.92 Å². The van der Waals surface area contributed by atoms with Gasteiger partial charge in [-0.3, -0.25) is 4.79 Å². The number of aryl methyl sites for hydroxylation is 2. The van der Waals surface area contributed by atoms with Crippen molar-refractivity contribution in [2.75, 3.05) is 33.1 Å². The Kier molecular flexibility index (Phi) is 4.88. The number of carbonyl (C=O) groups excluding carboxylic acids is 1. The Morgan fingerprint density at radius 2 is 2.05 bits per heavy atom. The Hall–Kier alpha value is -1.45. The molecule has 2 atom stereocenters. The largest absolute Gasteiger partial charge is 0.436 e. The van der Waals surface area contributed by atoms with Gasteiger partial charge in [0, 0.05) is 26.9 Å². The Labute approximate surface area is 129 Å². The average molecular weight is 331 g/mol. The fraction of sp³-hybridized carbons (Fsp3) is 0.692. The van der Waals surface area contributed by atoms with Crippen molar-refractivity contribution in [1.29, 1.82) is 0 Å². The molecule has 0 bridgehead atoms. The van der Waals surface area contributed by atoms with Crippen LogP contribution in [-0.2, 0) is 14.8 Å². The van der Waals surface area contributed by atoms with Gasteiger partial charge in [0.05, 0.1) is 30.7 Å². The van der Waals surface area contributed by atoms with Gasteiger partial charge in [0.15, 0.2) is 5.89 Å². The number of nitrogens with zero attached hydrogens (tertiary/aromatic N) is 2. The minimum atomic E-state index is -3.35. The molecule has 1 aliphatic heterocycles. The molecule has 0 radical (unpaired) electrons. The van der Waals surface area contributed by atoms with Crippen LogP contribution in [0.5, 0.6) is 0 Å². The third-order valence-electron chi connectivity index (χ3n) is 3.61. The van der Waals surface area contributed by atoms with Crippen molar-refractivity contribution in [3.8, 4) is 0 Å². The highest BCUT2D eigenvalue weighted by Gasteiger charge is 2.35. The number of carbonyl (C=O) groups is 1. The summed E-state index contributed by atoms with van der Waals surface area (Å²) in [5.74, 6) is -0.198. The van der Waals surface area contributed by atoms with Crippen molar-refractivity contribution in [2.45, 2.75) is 19.9 Å². The first-order valence-electron chi connectivity index (χ1n) is 6.93. The molecule has 1 N–H and O–H groups in total. The van der Waals surface area contributed by atoms with Crippen molar-refractivity contribution in [3.05, 3.63) is 17.3 Å². The highest BCUT2D eigenvalue weighted by molar-refractivity contribution is 7.89. The second-order valence-corrected chi connectivity index (χ2v) is 7.81. The molecule has 0 saturated carbocycles. The summed E-state index contributed by atoms with van der Waals surface area (Å²) in [4.78, 5) is 16.3. The molecule has 1 fully saturated rings. The van der Waals surface area contributed by atoms with Gasteiger partial charge >= 0.3 is 0 Å². The molecule has 22 heavy (non-hydrogen) atoms. The van der Waals surface area contributed by atoms with Crippen molar-refractivity contribution in [3.63, 3.8) is 0 Å². The molecule has 8 nitrogen and oxygen atoms in total. The van der Waals surface area contributed by atoms with Crippen LogP contribution in [0.25, 0.3) is 0 Å². The maximum atomic E-state index is 12.2. The fourth-order valence-electron chi connectivity index (χ4n) is 2.32. The lowest BCUT2D eigenvalue weighted by molar-refractivity contribution is 0.0896. The normalized spacial score (nSPS) is 22.2. The molecule has 0 aromatic carbocycles. The lowest BCUT2D eigenvalue weighted by Crippen LogP contribution is -2.43. The van der Waals surface area contributed by atoms with Crippen LogP contribution >= 0.6 is 0 Å². The van der Waals surface area contributed by atoms with E-state index in [1.165, 1.54) is 18.4 Å². The van der Waals surface area contributed by atoms with Crippen LogP contribution in [0.15, 0.2) is 4.42 Å². The maximum absolute atomic E-state index is 12.2. The monoisotopic (exact) mass is 331 g/mol. The van der Waals surface area contributed by atoms with E-state index in [-0.39, 0.29) is 30.1 Å². The smallest absolute Gasteiger partial charge is 0.289 e. The van der Waals surface area contributed by atoms with Crippen LogP contribution in [0.1, 0.15) is 22.1 Å². The molecule has 2 rings (SSSR count). The van der Waals surface area contributed by atoms with Crippen molar-refractivity contribution in [1.82, 2.24) is 14.6 Å². The summed E-state index contributed by atoms with van der Waals surface area (Å²) in [6.07, 6.45) is 0. The van der Waals surface area contributed by atoms with Crippen LogP contribution < -0.4 is 5.32 Å². The van der Waals surface area contributed by atoms with Crippen LogP contribution in [0.2, 0.25) is 0 Å². The lowest BCUT2D eigenvalue weighted by atomic mass is 10.1. The van der Waals surface area contributed by atoms with Crippen LogP contribution in [0, 0.1) is 19.8 Å². The maximum Gasteiger partial charge on any atom is 0.289 e. The summed E-state index contributed by atoms with van der Waals surface area (Å²) in [5, 5.41) is 2.78. The molecule has 2 heterocycles. The number of ether oxygens (including phenoxy) is 1. The van der Waals surface area contributed by atoms with E-state index in [9.17, 15) is 13.2 Å². The number of nitrogens with one attached hydrogen (secondary N) is 1. The number of sulfonamides is 1. The molecule has 1 saturated heterocycles. The second-order valence-electron chi connectivity index (χ2n) is 5.59. The molecule has 1 aromatic heterocycles. The Morgan fingerprint density at radius 1 is 1.36 bits per heavy atom. The molecular weight excluding hydrogens is 310 g/mol. The van der Waals surface area contributed by atoms with Crippen molar-refractivity contribution >= 4 is 15.9 Å².